The maximum atomic E-state index is 5.70. The average Bonchev–Trinajstić information content (AvgIpc) is 2.87. The third-order valence-corrected chi connectivity index (χ3v) is 4.29. The van der Waals surface area contributed by atoms with Gasteiger partial charge in [-0.15, -0.1) is 0 Å². The summed E-state index contributed by atoms with van der Waals surface area (Å²) in [5, 5.41) is 0. The predicted molar refractivity (Wildman–Crippen MR) is 81.3 cm³/mol. The van der Waals surface area contributed by atoms with Crippen molar-refractivity contribution in [3.63, 3.8) is 0 Å². The third kappa shape index (κ3) is 3.78. The molecule has 1 aromatic carbocycles. The quantitative estimate of drug-likeness (QED) is 0.878. The van der Waals surface area contributed by atoms with Crippen LogP contribution >= 0.6 is 0 Å². The number of hydrogen-bond acceptors (Lipinski definition) is 3. The van der Waals surface area contributed by atoms with Crippen molar-refractivity contribution in [1.29, 1.82) is 0 Å². The molecule has 1 fully saturated rings. The molecule has 3 nitrogen and oxygen atoms in total. The second kappa shape index (κ2) is 6.51. The minimum absolute atomic E-state index is 0.457. The molecule has 0 aliphatic carbocycles. The second-order valence-electron chi connectivity index (χ2n) is 6.02. The molecule has 1 saturated heterocycles. The van der Waals surface area contributed by atoms with E-state index in [-0.39, 0.29) is 0 Å². The van der Waals surface area contributed by atoms with Gasteiger partial charge in [0.1, 0.15) is 0 Å². The molecule has 0 saturated carbocycles. The van der Waals surface area contributed by atoms with Gasteiger partial charge in [0.15, 0.2) is 0 Å². The van der Waals surface area contributed by atoms with Crippen LogP contribution in [-0.4, -0.2) is 49.6 Å². The Kier molecular flexibility index (Phi) is 4.97. The van der Waals surface area contributed by atoms with Crippen LogP contribution in [0.25, 0.3) is 0 Å². The highest BCUT2D eigenvalue weighted by Crippen LogP contribution is 2.18. The van der Waals surface area contributed by atoms with Crippen LogP contribution in [0.2, 0.25) is 0 Å². The molecule has 1 aliphatic heterocycles. The van der Waals surface area contributed by atoms with Crippen LogP contribution in [0.5, 0.6) is 0 Å². The molecule has 0 radical (unpaired) electrons. The van der Waals surface area contributed by atoms with E-state index in [0.29, 0.717) is 5.92 Å². The molecular formula is C16H27N3. The topological polar surface area (TPSA) is 32.5 Å². The van der Waals surface area contributed by atoms with Crippen LogP contribution in [0.3, 0.4) is 0 Å². The average molecular weight is 261 g/mol. The second-order valence-corrected chi connectivity index (χ2v) is 6.02. The van der Waals surface area contributed by atoms with Gasteiger partial charge in [0.25, 0.3) is 0 Å². The number of rotatable bonds is 5. The van der Waals surface area contributed by atoms with Gasteiger partial charge in [0.2, 0.25) is 0 Å². The van der Waals surface area contributed by atoms with Gasteiger partial charge in [0, 0.05) is 25.7 Å². The Morgan fingerprint density at radius 1 is 1.32 bits per heavy atom. The molecule has 106 valence electrons. The summed E-state index contributed by atoms with van der Waals surface area (Å²) in [6.45, 7) is 6.37. The Morgan fingerprint density at radius 3 is 2.53 bits per heavy atom. The molecule has 19 heavy (non-hydrogen) atoms. The molecule has 0 amide bonds. The Morgan fingerprint density at radius 2 is 2.00 bits per heavy atom. The highest BCUT2D eigenvalue weighted by atomic mass is 15.2. The maximum absolute atomic E-state index is 5.70. The number of nitrogens with zero attached hydrogens (tertiary/aromatic N) is 2. The van der Waals surface area contributed by atoms with E-state index in [2.05, 4.69) is 55.1 Å². The number of likely N-dealkylation sites (tertiary alicyclic amines) is 1. The van der Waals surface area contributed by atoms with Crippen molar-refractivity contribution >= 4 is 0 Å². The van der Waals surface area contributed by atoms with E-state index < -0.39 is 0 Å². The van der Waals surface area contributed by atoms with Gasteiger partial charge >= 0.3 is 0 Å². The standard InChI is InChI=1S/C16H27N3/c1-13(10-17)15-6-4-14(5-7-15)11-19-9-8-16(12-19)18(2)3/h4-7,13,16H,8-12,17H2,1-3H3. The lowest BCUT2D eigenvalue weighted by atomic mass is 10.00. The SMILES string of the molecule is CC(CN)c1ccc(CN2CCC(N(C)C)C2)cc1. The summed E-state index contributed by atoms with van der Waals surface area (Å²) in [5.41, 5.74) is 8.46. The highest BCUT2D eigenvalue weighted by molar-refractivity contribution is 5.25. The van der Waals surface area contributed by atoms with Crippen LogP contribution in [0.4, 0.5) is 0 Å². The normalized spacial score (nSPS) is 22.1. The van der Waals surface area contributed by atoms with Crippen LogP contribution in [0, 0.1) is 0 Å². The van der Waals surface area contributed by atoms with Crippen LogP contribution in [0.1, 0.15) is 30.4 Å². The van der Waals surface area contributed by atoms with Crippen LogP contribution in [0.15, 0.2) is 24.3 Å². The molecule has 0 bridgehead atoms. The van der Waals surface area contributed by atoms with Gasteiger partial charge in [-0.1, -0.05) is 31.2 Å². The Bertz CT molecular complexity index is 385. The molecule has 2 rings (SSSR count). The monoisotopic (exact) mass is 261 g/mol. The lowest BCUT2D eigenvalue weighted by Gasteiger charge is -2.20. The van der Waals surface area contributed by atoms with Gasteiger partial charge < -0.3 is 10.6 Å². The summed E-state index contributed by atoms with van der Waals surface area (Å²) < 4.78 is 0. The highest BCUT2D eigenvalue weighted by Gasteiger charge is 2.23. The first-order valence-corrected chi connectivity index (χ1v) is 7.28. The van der Waals surface area contributed by atoms with E-state index >= 15 is 0 Å². The number of likely N-dealkylation sites (N-methyl/N-ethyl adjacent to an activating group) is 1. The minimum atomic E-state index is 0.457. The van der Waals surface area contributed by atoms with E-state index in [1.54, 1.807) is 0 Å². The zero-order chi connectivity index (χ0) is 13.8. The van der Waals surface area contributed by atoms with Gasteiger partial charge in [-0.3, -0.25) is 4.90 Å². The molecule has 2 N–H and O–H groups in total. The van der Waals surface area contributed by atoms with E-state index in [1.807, 2.05) is 0 Å². The van der Waals surface area contributed by atoms with Crippen molar-refractivity contribution in [2.24, 2.45) is 5.73 Å². The first-order chi connectivity index (χ1) is 9.10. The zero-order valence-corrected chi connectivity index (χ0v) is 12.5. The molecule has 1 aliphatic rings. The molecule has 2 unspecified atom stereocenters. The Labute approximate surface area is 117 Å². The summed E-state index contributed by atoms with van der Waals surface area (Å²) in [7, 11) is 4.36. The third-order valence-electron chi connectivity index (χ3n) is 4.29. The summed E-state index contributed by atoms with van der Waals surface area (Å²) in [6, 6.07) is 9.68. The van der Waals surface area contributed by atoms with Crippen molar-refractivity contribution in [1.82, 2.24) is 9.80 Å². The minimum Gasteiger partial charge on any atom is -0.330 e. The Hall–Kier alpha value is -0.900. The number of nitrogens with two attached hydrogens (primary N) is 1. The van der Waals surface area contributed by atoms with Crippen molar-refractivity contribution in [3.05, 3.63) is 35.4 Å². The number of hydrogen-bond donors (Lipinski definition) is 1. The molecule has 3 heteroatoms. The summed E-state index contributed by atoms with van der Waals surface area (Å²) in [4.78, 5) is 4.89. The fourth-order valence-corrected chi connectivity index (χ4v) is 2.72. The van der Waals surface area contributed by atoms with Crippen molar-refractivity contribution < 1.29 is 0 Å². The summed E-state index contributed by atoms with van der Waals surface area (Å²) >= 11 is 0. The first kappa shape index (κ1) is 14.5. The fourth-order valence-electron chi connectivity index (χ4n) is 2.72. The zero-order valence-electron chi connectivity index (χ0n) is 12.5. The largest absolute Gasteiger partial charge is 0.330 e. The van der Waals surface area contributed by atoms with E-state index in [4.69, 9.17) is 5.73 Å². The van der Waals surface area contributed by atoms with E-state index in [0.717, 1.165) is 19.1 Å². The van der Waals surface area contributed by atoms with E-state index in [9.17, 15) is 0 Å². The van der Waals surface area contributed by atoms with Crippen LogP contribution in [-0.2, 0) is 6.54 Å². The molecule has 0 spiro atoms. The number of benzene rings is 1. The maximum Gasteiger partial charge on any atom is 0.0234 e. The molecule has 1 aromatic rings. The summed E-state index contributed by atoms with van der Waals surface area (Å²) in [6.07, 6.45) is 1.29. The predicted octanol–water partition coefficient (Wildman–Crippen LogP) is 1.88. The smallest absolute Gasteiger partial charge is 0.0234 e. The van der Waals surface area contributed by atoms with Crippen molar-refractivity contribution in [2.75, 3.05) is 33.7 Å². The molecular weight excluding hydrogens is 234 g/mol. The fraction of sp³-hybridized carbons (Fsp3) is 0.625. The van der Waals surface area contributed by atoms with Crippen molar-refractivity contribution in [2.45, 2.75) is 31.8 Å². The molecule has 1 heterocycles. The van der Waals surface area contributed by atoms with Crippen molar-refractivity contribution in [3.8, 4) is 0 Å². The lowest BCUT2D eigenvalue weighted by molar-refractivity contribution is 0.264. The lowest BCUT2D eigenvalue weighted by Crippen LogP contribution is -2.31. The van der Waals surface area contributed by atoms with E-state index in [1.165, 1.54) is 30.6 Å². The first-order valence-electron chi connectivity index (χ1n) is 7.28. The Balaban J connectivity index is 1.90. The molecule has 0 aromatic heterocycles. The van der Waals surface area contributed by atoms with Gasteiger partial charge in [0.05, 0.1) is 0 Å². The molecule has 2 atom stereocenters. The van der Waals surface area contributed by atoms with Gasteiger partial charge in [-0.2, -0.15) is 0 Å². The van der Waals surface area contributed by atoms with Crippen LogP contribution < -0.4 is 5.73 Å². The van der Waals surface area contributed by atoms with Gasteiger partial charge in [-0.05, 0) is 44.1 Å². The summed E-state index contributed by atoms with van der Waals surface area (Å²) in [5.74, 6) is 0.457. The van der Waals surface area contributed by atoms with Gasteiger partial charge in [-0.25, -0.2) is 0 Å².